The summed E-state index contributed by atoms with van der Waals surface area (Å²) in [6, 6.07) is 22.1. The highest BCUT2D eigenvalue weighted by Gasteiger charge is 2.23. The third-order valence-corrected chi connectivity index (χ3v) is 5.39. The quantitative estimate of drug-likeness (QED) is 0.251. The number of halogens is 1. The summed E-state index contributed by atoms with van der Waals surface area (Å²) in [5, 5.41) is 0. The predicted octanol–water partition coefficient (Wildman–Crippen LogP) is 5.87. The molecule has 30 heavy (non-hydrogen) atoms. The van der Waals surface area contributed by atoms with E-state index in [2.05, 4.69) is 53.4 Å². The van der Waals surface area contributed by atoms with Gasteiger partial charge in [0, 0.05) is 9.64 Å². The number of epoxide rings is 1. The van der Waals surface area contributed by atoms with Crippen molar-refractivity contribution in [3.8, 4) is 17.2 Å². The molecule has 5 heteroatoms. The molecule has 0 unspecified atom stereocenters. The largest absolute Gasteiger partial charge is 0.491 e. The minimum atomic E-state index is 0.204. The zero-order chi connectivity index (χ0) is 20.8. The molecule has 3 aromatic rings. The number of hydrogen-bond donors (Lipinski definition) is 0. The molecule has 0 saturated carbocycles. The van der Waals surface area contributed by atoms with Crippen LogP contribution >= 0.6 is 22.6 Å². The van der Waals surface area contributed by atoms with Crippen molar-refractivity contribution >= 4 is 28.7 Å². The molecular weight excluding hydrogens is 491 g/mol. The van der Waals surface area contributed by atoms with Crippen molar-refractivity contribution in [2.45, 2.75) is 19.3 Å². The lowest BCUT2D eigenvalue weighted by Crippen LogP contribution is -2.05. The Hall–Kier alpha value is -2.51. The fraction of sp³-hybridized carbons (Fsp3) is 0.200. The first-order valence-electron chi connectivity index (χ1n) is 9.79. The van der Waals surface area contributed by atoms with Crippen molar-refractivity contribution < 1.29 is 18.9 Å². The highest BCUT2D eigenvalue weighted by atomic mass is 127. The van der Waals surface area contributed by atoms with Crippen LogP contribution in [0.25, 0.3) is 6.08 Å². The van der Waals surface area contributed by atoms with Crippen molar-refractivity contribution in [1.82, 2.24) is 0 Å². The monoisotopic (exact) mass is 514 g/mol. The van der Waals surface area contributed by atoms with Crippen LogP contribution in [-0.4, -0.2) is 19.3 Å². The third-order valence-electron chi connectivity index (χ3n) is 4.67. The van der Waals surface area contributed by atoms with E-state index in [-0.39, 0.29) is 6.10 Å². The lowest BCUT2D eigenvalue weighted by molar-refractivity contribution is 0.246. The van der Waals surface area contributed by atoms with Crippen LogP contribution in [0.3, 0.4) is 0 Å². The molecule has 1 heterocycles. The summed E-state index contributed by atoms with van der Waals surface area (Å²) in [5.74, 6) is 2.08. The van der Waals surface area contributed by atoms with Crippen LogP contribution in [0.4, 0.5) is 0 Å². The van der Waals surface area contributed by atoms with Crippen LogP contribution in [-0.2, 0) is 18.0 Å². The maximum atomic E-state index is 6.10. The van der Waals surface area contributed by atoms with Gasteiger partial charge in [0.1, 0.15) is 31.7 Å². The van der Waals surface area contributed by atoms with Crippen LogP contribution < -0.4 is 14.2 Å². The summed E-state index contributed by atoms with van der Waals surface area (Å²) < 4.78 is 24.4. The lowest BCUT2D eigenvalue weighted by atomic mass is 10.1. The van der Waals surface area contributed by atoms with Gasteiger partial charge in [0.25, 0.3) is 0 Å². The predicted molar refractivity (Wildman–Crippen MR) is 126 cm³/mol. The molecule has 0 N–H and O–H groups in total. The van der Waals surface area contributed by atoms with E-state index in [0.717, 1.165) is 29.0 Å². The molecule has 0 bridgehead atoms. The number of ether oxygens (including phenoxy) is 4. The van der Waals surface area contributed by atoms with Crippen molar-refractivity contribution in [3.05, 3.63) is 93.6 Å². The molecule has 154 valence electrons. The molecule has 0 aromatic heterocycles. The summed E-state index contributed by atoms with van der Waals surface area (Å²) in [6.07, 6.45) is 2.03. The summed E-state index contributed by atoms with van der Waals surface area (Å²) in [5.41, 5.74) is 3.26. The van der Waals surface area contributed by atoms with Gasteiger partial charge in [-0.25, -0.2) is 0 Å². The van der Waals surface area contributed by atoms with Gasteiger partial charge in [-0.1, -0.05) is 49.1 Å². The molecule has 1 aliphatic rings. The molecule has 1 atom stereocenters. The van der Waals surface area contributed by atoms with E-state index in [0.29, 0.717) is 31.3 Å². The zero-order valence-corrected chi connectivity index (χ0v) is 18.7. The van der Waals surface area contributed by atoms with Gasteiger partial charge in [0.2, 0.25) is 0 Å². The van der Waals surface area contributed by atoms with Crippen LogP contribution in [0.1, 0.15) is 16.7 Å². The number of hydrogen-bond acceptors (Lipinski definition) is 4. The van der Waals surface area contributed by atoms with Crippen LogP contribution in [0.2, 0.25) is 0 Å². The van der Waals surface area contributed by atoms with Crippen molar-refractivity contribution in [1.29, 1.82) is 0 Å². The Morgan fingerprint density at radius 2 is 1.50 bits per heavy atom. The van der Waals surface area contributed by atoms with E-state index < -0.39 is 0 Å². The SMILES string of the molecule is C=Cc1ccc(COc2ccc(OC[C@H]3CO3)cc2OCc2ccc(I)cc2)cc1. The van der Waals surface area contributed by atoms with Crippen molar-refractivity contribution in [2.24, 2.45) is 0 Å². The van der Waals surface area contributed by atoms with E-state index >= 15 is 0 Å². The molecule has 0 spiro atoms. The second kappa shape index (κ2) is 10.00. The molecule has 0 aliphatic carbocycles. The zero-order valence-electron chi connectivity index (χ0n) is 16.6. The van der Waals surface area contributed by atoms with Gasteiger partial charge in [-0.15, -0.1) is 0 Å². The molecule has 1 saturated heterocycles. The first kappa shape index (κ1) is 20.8. The highest BCUT2D eigenvalue weighted by Crippen LogP contribution is 2.33. The fourth-order valence-electron chi connectivity index (χ4n) is 2.82. The Balaban J connectivity index is 1.46. The Kier molecular flexibility index (Phi) is 6.92. The molecule has 4 rings (SSSR count). The second-order valence-electron chi connectivity index (χ2n) is 7.02. The van der Waals surface area contributed by atoms with Crippen LogP contribution in [0.15, 0.2) is 73.3 Å². The number of benzene rings is 3. The summed E-state index contributed by atoms with van der Waals surface area (Å²) in [7, 11) is 0. The molecule has 0 radical (unpaired) electrons. The minimum absolute atomic E-state index is 0.204. The molecule has 0 amide bonds. The molecule has 4 nitrogen and oxygen atoms in total. The van der Waals surface area contributed by atoms with Gasteiger partial charge in [-0.2, -0.15) is 0 Å². The normalized spacial score (nSPS) is 14.8. The fourth-order valence-corrected chi connectivity index (χ4v) is 3.18. The van der Waals surface area contributed by atoms with Gasteiger partial charge in [-0.3, -0.25) is 0 Å². The average Bonchev–Trinajstić information content (AvgIpc) is 3.61. The summed E-state index contributed by atoms with van der Waals surface area (Å²) in [4.78, 5) is 0. The van der Waals surface area contributed by atoms with Crippen molar-refractivity contribution in [3.63, 3.8) is 0 Å². The third kappa shape index (κ3) is 6.00. The first-order valence-corrected chi connectivity index (χ1v) is 10.9. The summed E-state index contributed by atoms with van der Waals surface area (Å²) >= 11 is 2.29. The van der Waals surface area contributed by atoms with Crippen LogP contribution in [0.5, 0.6) is 17.2 Å². The maximum absolute atomic E-state index is 6.10. The van der Waals surface area contributed by atoms with Gasteiger partial charge in [0.15, 0.2) is 11.5 Å². The second-order valence-corrected chi connectivity index (χ2v) is 8.27. The van der Waals surface area contributed by atoms with Crippen molar-refractivity contribution in [2.75, 3.05) is 13.2 Å². The highest BCUT2D eigenvalue weighted by molar-refractivity contribution is 14.1. The molecular formula is C25H23IO4. The van der Waals surface area contributed by atoms with E-state index in [4.69, 9.17) is 18.9 Å². The van der Waals surface area contributed by atoms with Crippen LogP contribution in [0, 0.1) is 3.57 Å². The molecule has 3 aromatic carbocycles. The summed E-state index contributed by atoms with van der Waals surface area (Å²) in [6.45, 7) is 6.01. The average molecular weight is 514 g/mol. The van der Waals surface area contributed by atoms with Gasteiger partial charge in [-0.05, 0) is 63.5 Å². The number of rotatable bonds is 10. The van der Waals surface area contributed by atoms with E-state index in [1.807, 2.05) is 48.5 Å². The van der Waals surface area contributed by atoms with Gasteiger partial charge in [0.05, 0.1) is 6.61 Å². The minimum Gasteiger partial charge on any atom is -0.491 e. The Bertz CT molecular complexity index is 979. The topological polar surface area (TPSA) is 40.2 Å². The lowest BCUT2D eigenvalue weighted by Gasteiger charge is -2.15. The maximum Gasteiger partial charge on any atom is 0.165 e. The van der Waals surface area contributed by atoms with E-state index in [1.165, 1.54) is 3.57 Å². The molecule has 1 aliphatic heterocycles. The smallest absolute Gasteiger partial charge is 0.165 e. The first-order chi connectivity index (χ1) is 14.7. The Labute approximate surface area is 190 Å². The Morgan fingerprint density at radius 1 is 0.867 bits per heavy atom. The van der Waals surface area contributed by atoms with E-state index in [9.17, 15) is 0 Å². The van der Waals surface area contributed by atoms with E-state index in [1.54, 1.807) is 0 Å². The molecule has 1 fully saturated rings. The van der Waals surface area contributed by atoms with Gasteiger partial charge >= 0.3 is 0 Å². The standard InChI is InChI=1S/C25H23IO4/c1-2-18-3-5-19(6-4-18)14-29-24-12-11-22(27-16-23-17-28-23)13-25(24)30-15-20-7-9-21(26)10-8-20/h2-13,23H,1,14-17H2/t23-/m0/s1. The van der Waals surface area contributed by atoms with Gasteiger partial charge < -0.3 is 18.9 Å². The Morgan fingerprint density at radius 3 is 2.13 bits per heavy atom.